The summed E-state index contributed by atoms with van der Waals surface area (Å²) in [6, 6.07) is -0.621. The maximum absolute atomic E-state index is 11.8. The SMILES string of the molecule is CNN=C1C=[C-]/C(=N/C(=O)/N=C2\[C-]=CC(=NNC)C=C2)C=C1.[K+].[K+]. The normalized spacial score (nSPS) is 21.8. The summed E-state index contributed by atoms with van der Waals surface area (Å²) in [7, 11) is 3.40. The molecule has 0 bridgehead atoms. The average Bonchev–Trinajstić information content (AvgIpc) is 2.52. The zero-order valence-corrected chi connectivity index (χ0v) is 20.4. The van der Waals surface area contributed by atoms with E-state index in [1.54, 1.807) is 50.6 Å². The smallest absolute Gasteiger partial charge is 0.325 e. The van der Waals surface area contributed by atoms with Gasteiger partial charge in [0.1, 0.15) is 0 Å². The molecule has 9 heteroatoms. The summed E-state index contributed by atoms with van der Waals surface area (Å²) >= 11 is 0. The Bertz CT molecular complexity index is 605. The van der Waals surface area contributed by atoms with Crippen LogP contribution in [0.25, 0.3) is 0 Å². The maximum atomic E-state index is 11.8. The van der Waals surface area contributed by atoms with Crippen LogP contribution in [0.15, 0.2) is 56.6 Å². The van der Waals surface area contributed by atoms with Crippen LogP contribution < -0.4 is 114 Å². The molecule has 2 aliphatic carbocycles. The van der Waals surface area contributed by atoms with E-state index in [0.29, 0.717) is 22.8 Å². The van der Waals surface area contributed by atoms with Gasteiger partial charge in [-0.2, -0.15) is 12.2 Å². The number of amides is 2. The number of urea groups is 1. The van der Waals surface area contributed by atoms with E-state index >= 15 is 0 Å². The summed E-state index contributed by atoms with van der Waals surface area (Å²) in [5.41, 5.74) is 7.51. The molecule has 0 saturated heterocycles. The Morgan fingerprint density at radius 2 is 1.25 bits per heavy atom. The molecule has 0 unspecified atom stereocenters. The summed E-state index contributed by atoms with van der Waals surface area (Å²) in [5.74, 6) is 0. The van der Waals surface area contributed by atoms with Crippen LogP contribution in [0.4, 0.5) is 4.79 Å². The molecule has 2 aliphatic rings. The van der Waals surface area contributed by atoms with Gasteiger partial charge in [0.15, 0.2) is 0 Å². The zero-order chi connectivity index (χ0) is 15.8. The Labute approximate surface area is 226 Å². The second-order valence-corrected chi connectivity index (χ2v) is 4.04. The fourth-order valence-electron chi connectivity index (χ4n) is 1.58. The van der Waals surface area contributed by atoms with Crippen molar-refractivity contribution in [2.75, 3.05) is 14.1 Å². The second-order valence-electron chi connectivity index (χ2n) is 4.04. The van der Waals surface area contributed by atoms with Crippen LogP contribution in [0.5, 0.6) is 0 Å². The van der Waals surface area contributed by atoms with Gasteiger partial charge < -0.3 is 10.9 Å². The number of hydrogen-bond donors (Lipinski definition) is 2. The molecule has 0 radical (unpaired) electrons. The average molecular weight is 373 g/mol. The van der Waals surface area contributed by atoms with Crippen molar-refractivity contribution in [2.24, 2.45) is 20.2 Å². The number of nitrogens with one attached hydrogen (secondary N) is 2. The topological polar surface area (TPSA) is 90.6 Å². The van der Waals surface area contributed by atoms with Gasteiger partial charge in [-0.15, -0.1) is 36.5 Å². The molecule has 0 heterocycles. The van der Waals surface area contributed by atoms with Crippen LogP contribution >= 0.6 is 0 Å². The molecule has 0 saturated carbocycles. The Morgan fingerprint density at radius 1 is 0.833 bits per heavy atom. The first-order valence-electron chi connectivity index (χ1n) is 6.47. The zero-order valence-electron chi connectivity index (χ0n) is 14.2. The molecular weight excluding hydrogens is 358 g/mol. The van der Waals surface area contributed by atoms with Gasteiger partial charge in [-0.25, -0.2) is 25.0 Å². The molecule has 24 heavy (non-hydrogen) atoms. The Balaban J connectivity index is 0.00000264. The van der Waals surface area contributed by atoms with Crippen molar-refractivity contribution in [1.82, 2.24) is 10.9 Å². The van der Waals surface area contributed by atoms with E-state index < -0.39 is 6.03 Å². The van der Waals surface area contributed by atoms with Gasteiger partial charge >= 0.3 is 109 Å². The fourth-order valence-corrected chi connectivity index (χ4v) is 1.58. The van der Waals surface area contributed by atoms with Crippen molar-refractivity contribution in [1.29, 1.82) is 0 Å². The fraction of sp³-hybridized carbons (Fsp3) is 0.133. The minimum Gasteiger partial charge on any atom is -0.325 e. The molecule has 2 N–H and O–H groups in total. The Kier molecular flexibility index (Phi) is 13.5. The van der Waals surface area contributed by atoms with Crippen molar-refractivity contribution < 1.29 is 108 Å². The van der Waals surface area contributed by atoms with Gasteiger partial charge in [-0.1, -0.05) is 0 Å². The number of nitrogens with zero attached hydrogens (tertiary/aromatic N) is 4. The largest absolute Gasteiger partial charge is 1.00 e. The van der Waals surface area contributed by atoms with E-state index in [0.717, 1.165) is 0 Å². The third-order valence-electron chi connectivity index (χ3n) is 2.47. The molecule has 0 atom stereocenters. The summed E-state index contributed by atoms with van der Waals surface area (Å²) in [6.07, 6.45) is 15.7. The molecule has 0 aromatic carbocycles. The third-order valence-corrected chi connectivity index (χ3v) is 2.47. The van der Waals surface area contributed by atoms with E-state index in [4.69, 9.17) is 0 Å². The van der Waals surface area contributed by atoms with Crippen LogP contribution in [0.2, 0.25) is 0 Å². The number of carbonyl (C=O) groups is 1. The second kappa shape index (κ2) is 13.4. The molecule has 112 valence electrons. The van der Waals surface area contributed by atoms with E-state index in [9.17, 15) is 4.79 Å². The molecule has 2 amide bonds. The number of carbonyl (C=O) groups excluding carboxylic acids is 1. The van der Waals surface area contributed by atoms with Crippen LogP contribution in [0.1, 0.15) is 0 Å². The van der Waals surface area contributed by atoms with Gasteiger partial charge in [0.2, 0.25) is 0 Å². The summed E-state index contributed by atoms with van der Waals surface area (Å²) in [5, 5.41) is 7.94. The molecule has 7 nitrogen and oxygen atoms in total. The van der Waals surface area contributed by atoms with Crippen molar-refractivity contribution in [3.63, 3.8) is 0 Å². The van der Waals surface area contributed by atoms with Gasteiger partial charge in [0, 0.05) is 14.1 Å². The molecule has 0 fully saturated rings. The van der Waals surface area contributed by atoms with Crippen molar-refractivity contribution in [3.8, 4) is 0 Å². The van der Waals surface area contributed by atoms with Crippen molar-refractivity contribution >= 4 is 28.9 Å². The van der Waals surface area contributed by atoms with Gasteiger partial charge in [0.05, 0.1) is 0 Å². The quantitative estimate of drug-likeness (QED) is 0.220. The van der Waals surface area contributed by atoms with Crippen LogP contribution in [-0.2, 0) is 0 Å². The molecular formula is C15H14K2N6O. The predicted molar refractivity (Wildman–Crippen MR) is 87.2 cm³/mol. The van der Waals surface area contributed by atoms with Gasteiger partial charge in [-0.3, -0.25) is 0 Å². The first kappa shape index (κ1) is 24.2. The van der Waals surface area contributed by atoms with Gasteiger partial charge in [-0.05, 0) is 22.8 Å². The van der Waals surface area contributed by atoms with Crippen LogP contribution in [-0.4, -0.2) is 43.0 Å². The van der Waals surface area contributed by atoms with Crippen LogP contribution in [0.3, 0.4) is 0 Å². The number of allylic oxidation sites excluding steroid dienone is 8. The Hall–Kier alpha value is 0.183. The maximum Gasteiger partial charge on any atom is 1.00 e. The first-order chi connectivity index (χ1) is 10.7. The summed E-state index contributed by atoms with van der Waals surface area (Å²) in [6.45, 7) is 0. The molecule has 2 rings (SSSR count). The third kappa shape index (κ3) is 8.52. The molecule has 0 aromatic rings. The summed E-state index contributed by atoms with van der Waals surface area (Å²) in [4.78, 5) is 19.4. The molecule has 0 spiro atoms. The Morgan fingerprint density at radius 3 is 1.54 bits per heavy atom. The van der Waals surface area contributed by atoms with E-state index in [1.165, 1.54) is 0 Å². The van der Waals surface area contributed by atoms with Crippen molar-refractivity contribution in [2.45, 2.75) is 0 Å². The van der Waals surface area contributed by atoms with Gasteiger partial charge in [0.25, 0.3) is 0 Å². The molecule has 0 aromatic heterocycles. The standard InChI is InChI=1S/C15H14N6O.2K/c1-16-20-13-7-3-11(4-8-13)18-15(22)19-12-5-9-14(10-6-12)21-17-2;;/h3,5,7-10,16-17H,1-2H3;;/q-2;2*+1/b18-11-,19-12+,20-13?,21-14?;;. The first-order valence-corrected chi connectivity index (χ1v) is 6.47. The summed E-state index contributed by atoms with van der Waals surface area (Å²) < 4.78 is 0. The van der Waals surface area contributed by atoms with E-state index in [-0.39, 0.29) is 103 Å². The predicted octanol–water partition coefficient (Wildman–Crippen LogP) is -4.99. The number of hydrazone groups is 2. The number of aliphatic imine (C=N–C) groups is 2. The van der Waals surface area contributed by atoms with Crippen LogP contribution in [0, 0.1) is 12.2 Å². The van der Waals surface area contributed by atoms with Crippen molar-refractivity contribution in [3.05, 3.63) is 48.6 Å². The monoisotopic (exact) mass is 372 g/mol. The minimum absolute atomic E-state index is 0. The minimum atomic E-state index is -0.621. The molecule has 0 aliphatic heterocycles. The number of hydrogen-bond acceptors (Lipinski definition) is 5. The van der Waals surface area contributed by atoms with E-state index in [1.807, 2.05) is 0 Å². The number of rotatable bonds is 2. The van der Waals surface area contributed by atoms with E-state index in [2.05, 4.69) is 43.2 Å².